The number of nitrogens with one attached hydrogen (secondary N) is 1. The van der Waals surface area contributed by atoms with E-state index in [9.17, 15) is 39.0 Å². The molecule has 2 unspecified atom stereocenters. The molecule has 1 spiro atoms. The number of hydrogen-bond acceptors (Lipinski definition) is 17. The molecule has 18 heteroatoms. The first kappa shape index (κ1) is 46.9. The van der Waals surface area contributed by atoms with Crippen molar-refractivity contribution in [3.63, 3.8) is 0 Å². The lowest BCUT2D eigenvalue weighted by Crippen LogP contribution is -2.83. The molecular weight excluding hydrogens is 838 g/mol. The number of esters is 4. The minimum atomic E-state index is -2.35. The first-order valence-electron chi connectivity index (χ1n) is 21.8. The van der Waals surface area contributed by atoms with Gasteiger partial charge in [0.05, 0.1) is 41.6 Å². The number of alkyl carbamates (subject to hydrolysis) is 1. The van der Waals surface area contributed by atoms with Crippen molar-refractivity contribution in [2.24, 2.45) is 28.6 Å². The summed E-state index contributed by atoms with van der Waals surface area (Å²) in [6, 6.07) is 6.52. The molecular formula is C46H59NO17. The van der Waals surface area contributed by atoms with Crippen LogP contribution in [0.25, 0.3) is 0 Å². The zero-order chi connectivity index (χ0) is 47.1. The maximum absolute atomic E-state index is 15.8. The predicted octanol–water partition coefficient (Wildman–Crippen LogP) is 4.05. The molecule has 18 nitrogen and oxygen atoms in total. The second kappa shape index (κ2) is 16.4. The van der Waals surface area contributed by atoms with Crippen LogP contribution >= 0.6 is 0 Å². The van der Waals surface area contributed by atoms with Crippen LogP contribution in [0.4, 0.5) is 9.59 Å². The van der Waals surface area contributed by atoms with E-state index in [2.05, 4.69) is 5.32 Å². The smallest absolute Gasteiger partial charge is 0.454 e. The monoisotopic (exact) mass is 897 g/mol. The van der Waals surface area contributed by atoms with Crippen LogP contribution in [-0.2, 0) is 57.1 Å². The Kier molecular flexibility index (Phi) is 12.0. The van der Waals surface area contributed by atoms with Crippen molar-refractivity contribution in [2.75, 3.05) is 6.61 Å². The summed E-state index contributed by atoms with van der Waals surface area (Å²) >= 11 is 0. The van der Waals surface area contributed by atoms with Gasteiger partial charge in [-0.3, -0.25) is 14.4 Å². The van der Waals surface area contributed by atoms with Crippen LogP contribution in [0.15, 0.2) is 41.5 Å². The number of carbonyl (C=O) groups excluding carboxylic acids is 7. The Hall–Kier alpha value is -5.07. The molecule has 7 rings (SSSR count). The van der Waals surface area contributed by atoms with Gasteiger partial charge in [-0.15, -0.1) is 0 Å². The van der Waals surface area contributed by atoms with Gasteiger partial charge in [0.1, 0.15) is 11.7 Å². The van der Waals surface area contributed by atoms with Crippen LogP contribution in [0.1, 0.15) is 105 Å². The van der Waals surface area contributed by atoms with Crippen molar-refractivity contribution in [3.8, 4) is 0 Å². The zero-order valence-corrected chi connectivity index (χ0v) is 37.8. The Morgan fingerprint density at radius 3 is 2.20 bits per heavy atom. The Labute approximate surface area is 370 Å². The molecule has 350 valence electrons. The molecule has 3 N–H and O–H groups in total. The summed E-state index contributed by atoms with van der Waals surface area (Å²) in [5, 5.41) is 26.5. The van der Waals surface area contributed by atoms with Gasteiger partial charge in [-0.1, -0.05) is 45.9 Å². The average Bonchev–Trinajstić information content (AvgIpc) is 3.99. The SMILES string of the molecule is CC(=O)O[C@@]12CO[C@@H]1C[C@H](O)[C@@]1(C)C(=O)[C@H](OC(=O)C3CC3)C3=C(C)[C@@H](OC(=O)[C@H](O)[C@H](CC(C)C)NC(=O)OC(C)(C)C)[C@@H]4OC(=O)O[C@]4(C(OC(=O)c4ccccc4)C12)C3(C)C. The number of Topliss-reactive ketones (excluding diaryl/α,β-unsaturated/α-hetero) is 1. The van der Waals surface area contributed by atoms with Gasteiger partial charge in [0.15, 0.2) is 41.9 Å². The Morgan fingerprint density at radius 1 is 0.984 bits per heavy atom. The number of aliphatic hydroxyl groups excluding tert-OH is 2. The van der Waals surface area contributed by atoms with Crippen LogP contribution < -0.4 is 5.32 Å². The lowest BCUT2D eigenvalue weighted by molar-refractivity contribution is -0.345. The van der Waals surface area contributed by atoms with E-state index in [4.69, 9.17) is 37.9 Å². The molecule has 0 aromatic heterocycles. The molecule has 1 aromatic rings. The number of rotatable bonds is 11. The van der Waals surface area contributed by atoms with E-state index < -0.39 is 130 Å². The van der Waals surface area contributed by atoms with Crippen LogP contribution in [0.2, 0.25) is 0 Å². The topological polar surface area (TPSA) is 246 Å². The third kappa shape index (κ3) is 7.72. The minimum Gasteiger partial charge on any atom is -0.454 e. The normalized spacial score (nSPS) is 34.7. The number of benzene rings is 1. The minimum absolute atomic E-state index is 0.0138. The fourth-order valence-corrected chi connectivity index (χ4v) is 10.7. The first-order valence-corrected chi connectivity index (χ1v) is 21.8. The molecule has 64 heavy (non-hydrogen) atoms. The summed E-state index contributed by atoms with van der Waals surface area (Å²) in [4.78, 5) is 98.7. The summed E-state index contributed by atoms with van der Waals surface area (Å²) in [5.74, 6) is -7.00. The van der Waals surface area contributed by atoms with Gasteiger partial charge in [-0.05, 0) is 83.1 Å². The van der Waals surface area contributed by atoms with E-state index >= 15 is 4.79 Å². The Balaban J connectivity index is 1.46. The van der Waals surface area contributed by atoms with Crippen molar-refractivity contribution < 1.29 is 81.7 Å². The number of hydrogen-bond donors (Lipinski definition) is 3. The number of ketones is 1. The highest BCUT2D eigenvalue weighted by Gasteiger charge is 2.83. The third-order valence-corrected chi connectivity index (χ3v) is 13.8. The van der Waals surface area contributed by atoms with E-state index in [1.807, 2.05) is 0 Å². The van der Waals surface area contributed by atoms with E-state index in [-0.39, 0.29) is 42.1 Å². The number of ether oxygens (including phenoxy) is 8. The second-order valence-electron chi connectivity index (χ2n) is 20.1. The number of aliphatic hydroxyl groups is 2. The summed E-state index contributed by atoms with van der Waals surface area (Å²) < 4.78 is 48.8. The van der Waals surface area contributed by atoms with Gasteiger partial charge in [0.25, 0.3) is 0 Å². The van der Waals surface area contributed by atoms with Crippen molar-refractivity contribution in [1.29, 1.82) is 0 Å². The molecule has 3 saturated carbocycles. The van der Waals surface area contributed by atoms with E-state index in [0.717, 1.165) is 6.92 Å². The standard InChI is InChI=1S/C46H59NO17/c1-21(2)18-26(47-40(55)63-42(5,6)7)30(50)39(54)58-31-22(3)29-32(59-37(52)25-16-17-25)34(51)44(10)27(49)19-28-45(20-57-28,62-23(4)48)33(44)36(60-38(53)24-14-12-11-13-15-24)46(43(29,8)9)35(31)61-41(56)64-46/h11-15,21,25-28,30-33,35-36,49-50H,16-20H2,1-10H3,(H,47,55)/t26-,27-,28+,30+,31+,32+,33?,35-,36?,44+,45-,46+/m0/s1. The molecule has 12 atom stereocenters. The molecule has 2 heterocycles. The van der Waals surface area contributed by atoms with Gasteiger partial charge in [0.2, 0.25) is 5.60 Å². The molecule has 0 radical (unpaired) electrons. The Bertz CT molecular complexity index is 2120. The summed E-state index contributed by atoms with van der Waals surface area (Å²) in [5.41, 5.74) is -8.89. The summed E-state index contributed by atoms with van der Waals surface area (Å²) in [7, 11) is 0. The third-order valence-electron chi connectivity index (χ3n) is 13.8. The largest absolute Gasteiger partial charge is 0.509 e. The number of fused-ring (bicyclic) bond motifs is 4. The van der Waals surface area contributed by atoms with Crippen molar-refractivity contribution in [1.82, 2.24) is 5.32 Å². The van der Waals surface area contributed by atoms with Gasteiger partial charge in [0, 0.05) is 18.8 Å². The van der Waals surface area contributed by atoms with Crippen molar-refractivity contribution in [3.05, 3.63) is 47.0 Å². The molecule has 6 aliphatic rings. The average molecular weight is 898 g/mol. The van der Waals surface area contributed by atoms with Gasteiger partial charge in [-0.2, -0.15) is 0 Å². The highest BCUT2D eigenvalue weighted by Crippen LogP contribution is 2.67. The first-order chi connectivity index (χ1) is 29.8. The van der Waals surface area contributed by atoms with Crippen molar-refractivity contribution >= 4 is 41.9 Å². The lowest BCUT2D eigenvalue weighted by Gasteiger charge is -2.67. The van der Waals surface area contributed by atoms with Crippen LogP contribution in [0.5, 0.6) is 0 Å². The van der Waals surface area contributed by atoms with Crippen LogP contribution in [0, 0.1) is 28.6 Å². The summed E-state index contributed by atoms with van der Waals surface area (Å²) in [6.07, 6.45) is -13.4. The van der Waals surface area contributed by atoms with Gasteiger partial charge < -0.3 is 53.4 Å². The quantitative estimate of drug-likeness (QED) is 0.161. The molecule has 2 bridgehead atoms. The molecule has 2 aliphatic heterocycles. The van der Waals surface area contributed by atoms with Crippen molar-refractivity contribution in [2.45, 2.75) is 160 Å². The van der Waals surface area contributed by atoms with Crippen LogP contribution in [-0.4, -0.2) is 124 Å². The molecule has 4 aliphatic carbocycles. The van der Waals surface area contributed by atoms with E-state index in [1.54, 1.807) is 66.7 Å². The van der Waals surface area contributed by atoms with E-state index in [1.165, 1.54) is 26.0 Å². The molecule has 5 fully saturated rings. The lowest BCUT2D eigenvalue weighted by atomic mass is 9.44. The predicted molar refractivity (Wildman–Crippen MR) is 219 cm³/mol. The highest BCUT2D eigenvalue weighted by molar-refractivity contribution is 5.96. The maximum atomic E-state index is 15.8. The van der Waals surface area contributed by atoms with Crippen LogP contribution in [0.3, 0.4) is 0 Å². The fourth-order valence-electron chi connectivity index (χ4n) is 10.7. The van der Waals surface area contributed by atoms with Gasteiger partial charge in [-0.25, -0.2) is 19.2 Å². The van der Waals surface area contributed by atoms with Gasteiger partial charge >= 0.3 is 36.1 Å². The fraction of sp³-hybridized carbons (Fsp3) is 0.674. The number of carbonyl (C=O) groups is 7. The van der Waals surface area contributed by atoms with E-state index in [0.29, 0.717) is 12.8 Å². The Morgan fingerprint density at radius 2 is 1.64 bits per heavy atom. The highest BCUT2D eigenvalue weighted by atomic mass is 16.8. The zero-order valence-electron chi connectivity index (χ0n) is 37.8. The molecule has 1 aromatic carbocycles. The maximum Gasteiger partial charge on any atom is 0.509 e. The molecule has 2 saturated heterocycles. The molecule has 1 amide bonds. The number of amides is 1. The summed E-state index contributed by atoms with van der Waals surface area (Å²) in [6.45, 7) is 15.4. The second-order valence-corrected chi connectivity index (χ2v) is 20.1.